The lowest BCUT2D eigenvalue weighted by atomic mass is 9.90. The number of fused-ring (bicyclic) bond motifs is 4. The van der Waals surface area contributed by atoms with Crippen LogP contribution in [0, 0.1) is 0 Å². The number of carbonyl (C=O) groups excluding carboxylic acids is 4. The second kappa shape index (κ2) is 7.13. The van der Waals surface area contributed by atoms with Gasteiger partial charge in [0.2, 0.25) is 23.1 Å². The summed E-state index contributed by atoms with van der Waals surface area (Å²) in [7, 11) is 0. The van der Waals surface area contributed by atoms with Gasteiger partial charge in [-0.25, -0.2) is 9.97 Å². The Kier molecular flexibility index (Phi) is 3.99. The van der Waals surface area contributed by atoms with E-state index < -0.39 is 0 Å². The van der Waals surface area contributed by atoms with Crippen LogP contribution in [-0.4, -0.2) is 43.1 Å². The zero-order valence-electron chi connectivity index (χ0n) is 18.5. The van der Waals surface area contributed by atoms with Crippen LogP contribution in [0.5, 0.6) is 0 Å². The molecular weight excluding hydrogens is 456 g/mol. The first-order chi connectivity index (χ1) is 17.5. The Morgan fingerprint density at radius 1 is 0.472 bits per heavy atom. The smallest absolute Gasteiger partial charge is 0.214 e. The molecular formula is C28H14N4O4. The fraction of sp³-hybridized carbons (Fsp3) is 0. The summed E-state index contributed by atoms with van der Waals surface area (Å²) in [5.41, 5.74) is 3.05. The molecule has 2 heterocycles. The molecule has 0 aliphatic heterocycles. The van der Waals surface area contributed by atoms with Gasteiger partial charge in [-0.1, -0.05) is 66.7 Å². The van der Waals surface area contributed by atoms with Crippen molar-refractivity contribution >= 4 is 23.1 Å². The predicted molar refractivity (Wildman–Crippen MR) is 128 cm³/mol. The third-order valence-electron chi connectivity index (χ3n) is 6.53. The van der Waals surface area contributed by atoms with Crippen LogP contribution in [0.4, 0.5) is 0 Å². The van der Waals surface area contributed by atoms with Gasteiger partial charge in [0.15, 0.2) is 0 Å². The standard InChI is InChI=1S/C28H14N4O4/c33-23-15-8-1-2-9-16(15)24(34)20-19(23)29-27(30-20)13-6-5-7-14(12-13)28-31-21-22(32-28)26(36)18-11-4-3-10-17(18)25(21)35/h1-12H,(H,29,30)(H,31,32). The average molecular weight is 470 g/mol. The van der Waals surface area contributed by atoms with E-state index in [4.69, 9.17) is 0 Å². The number of rotatable bonds is 2. The minimum Gasteiger partial charge on any atom is -0.335 e. The first-order valence-corrected chi connectivity index (χ1v) is 11.2. The third-order valence-corrected chi connectivity index (χ3v) is 6.53. The fourth-order valence-electron chi connectivity index (χ4n) is 4.77. The van der Waals surface area contributed by atoms with Gasteiger partial charge in [-0.2, -0.15) is 0 Å². The Morgan fingerprint density at radius 2 is 0.861 bits per heavy atom. The molecule has 0 bridgehead atoms. The number of hydrogen-bond acceptors (Lipinski definition) is 6. The van der Waals surface area contributed by atoms with E-state index in [1.54, 1.807) is 72.8 Å². The summed E-state index contributed by atoms with van der Waals surface area (Å²) in [6.07, 6.45) is 0. The van der Waals surface area contributed by atoms with Crippen LogP contribution in [-0.2, 0) is 0 Å². The topological polar surface area (TPSA) is 126 Å². The Labute approximate surface area is 203 Å². The number of imidazole rings is 2. The Bertz CT molecular complexity index is 1590. The molecule has 0 unspecified atom stereocenters. The minimum atomic E-state index is -0.311. The van der Waals surface area contributed by atoms with Gasteiger partial charge in [0.1, 0.15) is 34.4 Å². The molecule has 2 aliphatic carbocycles. The van der Waals surface area contributed by atoms with E-state index in [0.29, 0.717) is 45.0 Å². The van der Waals surface area contributed by atoms with Crippen LogP contribution in [0.15, 0.2) is 72.8 Å². The average Bonchev–Trinajstić information content (AvgIpc) is 3.57. The molecule has 5 aromatic rings. The van der Waals surface area contributed by atoms with Crippen molar-refractivity contribution in [3.63, 3.8) is 0 Å². The van der Waals surface area contributed by atoms with Gasteiger partial charge in [0.05, 0.1) is 0 Å². The molecule has 8 nitrogen and oxygen atoms in total. The molecule has 0 saturated carbocycles. The highest BCUT2D eigenvalue weighted by atomic mass is 16.1. The highest BCUT2D eigenvalue weighted by Gasteiger charge is 2.34. The van der Waals surface area contributed by atoms with Gasteiger partial charge in [-0.05, 0) is 6.07 Å². The quantitative estimate of drug-likeness (QED) is 0.393. The molecule has 2 N–H and O–H groups in total. The number of ketones is 4. The molecule has 8 heteroatoms. The highest BCUT2D eigenvalue weighted by Crippen LogP contribution is 2.32. The van der Waals surface area contributed by atoms with Gasteiger partial charge in [0, 0.05) is 33.4 Å². The lowest BCUT2D eigenvalue weighted by Crippen LogP contribution is -2.20. The molecule has 2 aromatic heterocycles. The van der Waals surface area contributed by atoms with E-state index in [1.165, 1.54) is 0 Å². The molecule has 0 atom stereocenters. The molecule has 0 saturated heterocycles. The van der Waals surface area contributed by atoms with Gasteiger partial charge < -0.3 is 9.97 Å². The molecule has 3 aromatic carbocycles. The molecule has 2 aliphatic rings. The van der Waals surface area contributed by atoms with Crippen LogP contribution in [0.2, 0.25) is 0 Å². The van der Waals surface area contributed by atoms with E-state index in [1.807, 2.05) is 0 Å². The lowest BCUT2D eigenvalue weighted by Gasteiger charge is -2.11. The maximum absolute atomic E-state index is 13.0. The van der Waals surface area contributed by atoms with Crippen molar-refractivity contribution < 1.29 is 19.2 Å². The van der Waals surface area contributed by atoms with Crippen molar-refractivity contribution in [2.24, 2.45) is 0 Å². The summed E-state index contributed by atoms with van der Waals surface area (Å²) in [5, 5.41) is 0. The van der Waals surface area contributed by atoms with E-state index >= 15 is 0 Å². The van der Waals surface area contributed by atoms with Gasteiger partial charge >= 0.3 is 0 Å². The van der Waals surface area contributed by atoms with E-state index in [0.717, 1.165) is 0 Å². The molecule has 0 amide bonds. The number of aromatic amines is 2. The Balaban J connectivity index is 1.29. The molecule has 0 fully saturated rings. The van der Waals surface area contributed by atoms with Crippen molar-refractivity contribution in [2.45, 2.75) is 0 Å². The van der Waals surface area contributed by atoms with Crippen LogP contribution in [0.25, 0.3) is 22.8 Å². The number of benzene rings is 3. The van der Waals surface area contributed by atoms with Crippen molar-refractivity contribution in [3.8, 4) is 22.8 Å². The molecule has 0 radical (unpaired) electrons. The van der Waals surface area contributed by atoms with E-state index in [2.05, 4.69) is 19.9 Å². The zero-order chi connectivity index (χ0) is 24.6. The maximum Gasteiger partial charge on any atom is 0.214 e. The molecule has 7 rings (SSSR count). The van der Waals surface area contributed by atoms with Crippen molar-refractivity contribution in [3.05, 3.63) is 118 Å². The summed E-state index contributed by atoms with van der Waals surface area (Å²) in [4.78, 5) is 66.7. The molecule has 36 heavy (non-hydrogen) atoms. The normalized spacial score (nSPS) is 13.8. The summed E-state index contributed by atoms with van der Waals surface area (Å²) in [6.45, 7) is 0. The Hall–Kier alpha value is -5.24. The maximum atomic E-state index is 13.0. The second-order valence-electron chi connectivity index (χ2n) is 8.61. The number of nitrogens with zero attached hydrogens (tertiary/aromatic N) is 2. The van der Waals surface area contributed by atoms with Crippen molar-refractivity contribution in [1.82, 2.24) is 19.9 Å². The monoisotopic (exact) mass is 470 g/mol. The number of aromatic nitrogens is 4. The van der Waals surface area contributed by atoms with Crippen molar-refractivity contribution in [1.29, 1.82) is 0 Å². The van der Waals surface area contributed by atoms with Gasteiger partial charge in [-0.15, -0.1) is 0 Å². The second-order valence-corrected chi connectivity index (χ2v) is 8.61. The predicted octanol–water partition coefficient (Wildman–Crippen LogP) is 4.02. The van der Waals surface area contributed by atoms with Crippen LogP contribution in [0.1, 0.15) is 64.2 Å². The van der Waals surface area contributed by atoms with E-state index in [-0.39, 0.29) is 45.9 Å². The van der Waals surface area contributed by atoms with Gasteiger partial charge in [0.25, 0.3) is 0 Å². The largest absolute Gasteiger partial charge is 0.335 e. The third kappa shape index (κ3) is 2.69. The fourth-order valence-corrected chi connectivity index (χ4v) is 4.77. The van der Waals surface area contributed by atoms with Gasteiger partial charge in [-0.3, -0.25) is 19.2 Å². The minimum absolute atomic E-state index is 0.0847. The molecule has 170 valence electrons. The first-order valence-electron chi connectivity index (χ1n) is 11.2. The van der Waals surface area contributed by atoms with Crippen molar-refractivity contribution in [2.75, 3.05) is 0 Å². The number of carbonyl (C=O) groups is 4. The SMILES string of the molecule is O=C1c2ccccc2C(=O)c2[nH]c(-c3cccc(-c4nc5c([nH]4)C(=O)c4ccccc4C5=O)c3)nc21. The zero-order valence-corrected chi connectivity index (χ0v) is 18.5. The van der Waals surface area contributed by atoms with Crippen LogP contribution in [0.3, 0.4) is 0 Å². The molecule has 0 spiro atoms. The summed E-state index contributed by atoms with van der Waals surface area (Å²) in [6, 6.07) is 20.4. The number of hydrogen-bond donors (Lipinski definition) is 2. The summed E-state index contributed by atoms with van der Waals surface area (Å²) in [5.74, 6) is -0.487. The van der Waals surface area contributed by atoms with Crippen LogP contribution < -0.4 is 0 Å². The summed E-state index contributed by atoms with van der Waals surface area (Å²) >= 11 is 0. The lowest BCUT2D eigenvalue weighted by molar-refractivity contribution is 0.0974. The highest BCUT2D eigenvalue weighted by molar-refractivity contribution is 6.28. The number of H-pyrrole nitrogens is 2. The van der Waals surface area contributed by atoms with E-state index in [9.17, 15) is 19.2 Å². The summed E-state index contributed by atoms with van der Waals surface area (Å²) < 4.78 is 0. The number of nitrogens with one attached hydrogen (secondary N) is 2. The first kappa shape index (κ1) is 20.2. The van der Waals surface area contributed by atoms with Crippen LogP contribution >= 0.6 is 0 Å². The Morgan fingerprint density at radius 3 is 1.28 bits per heavy atom.